The summed E-state index contributed by atoms with van der Waals surface area (Å²) in [6.07, 6.45) is 7.05. The van der Waals surface area contributed by atoms with Gasteiger partial charge >= 0.3 is 0 Å². The van der Waals surface area contributed by atoms with Gasteiger partial charge in [-0.1, -0.05) is 56.5 Å². The Kier molecular flexibility index (Phi) is 5.26. The SMILES string of the molecule is CCCCCCc1ccc2c(c1)Cc1cc(-c3ccc(C#N)cc3)c(F)cc1-2. The lowest BCUT2D eigenvalue weighted by molar-refractivity contribution is 0.631. The zero-order valence-corrected chi connectivity index (χ0v) is 16.3. The highest BCUT2D eigenvalue weighted by atomic mass is 19.1. The number of fused-ring (bicyclic) bond motifs is 3. The average Bonchev–Trinajstić information content (AvgIpc) is 3.07. The molecular weight excluding hydrogens is 345 g/mol. The molecule has 0 radical (unpaired) electrons. The Morgan fingerprint density at radius 2 is 1.64 bits per heavy atom. The number of benzene rings is 3. The van der Waals surface area contributed by atoms with Crippen LogP contribution in [0.25, 0.3) is 22.3 Å². The fourth-order valence-electron chi connectivity index (χ4n) is 4.13. The van der Waals surface area contributed by atoms with Crippen molar-refractivity contribution in [3.63, 3.8) is 0 Å². The van der Waals surface area contributed by atoms with Gasteiger partial charge in [0.15, 0.2) is 0 Å². The lowest BCUT2D eigenvalue weighted by Gasteiger charge is -2.08. The van der Waals surface area contributed by atoms with Crippen LogP contribution in [0.4, 0.5) is 4.39 Å². The minimum Gasteiger partial charge on any atom is -0.206 e. The molecule has 0 atom stereocenters. The summed E-state index contributed by atoms with van der Waals surface area (Å²) in [5, 5.41) is 8.96. The van der Waals surface area contributed by atoms with Crippen LogP contribution in [0.1, 0.15) is 54.9 Å². The molecule has 28 heavy (non-hydrogen) atoms. The van der Waals surface area contributed by atoms with Gasteiger partial charge in [-0.3, -0.25) is 0 Å². The van der Waals surface area contributed by atoms with E-state index in [1.54, 1.807) is 18.2 Å². The van der Waals surface area contributed by atoms with Crippen molar-refractivity contribution in [3.05, 3.63) is 82.7 Å². The first-order valence-electron chi connectivity index (χ1n) is 10.1. The topological polar surface area (TPSA) is 23.8 Å². The molecule has 4 rings (SSSR count). The van der Waals surface area contributed by atoms with Crippen LogP contribution < -0.4 is 0 Å². The van der Waals surface area contributed by atoms with Crippen molar-refractivity contribution < 1.29 is 4.39 Å². The van der Waals surface area contributed by atoms with Gasteiger partial charge in [0.05, 0.1) is 11.6 Å². The van der Waals surface area contributed by atoms with E-state index >= 15 is 0 Å². The van der Waals surface area contributed by atoms with Gasteiger partial charge in [-0.25, -0.2) is 4.39 Å². The number of halogens is 1. The second-order valence-corrected chi connectivity index (χ2v) is 7.66. The molecule has 0 amide bonds. The highest BCUT2D eigenvalue weighted by molar-refractivity contribution is 5.81. The van der Waals surface area contributed by atoms with Crippen molar-refractivity contribution in [2.45, 2.75) is 45.4 Å². The van der Waals surface area contributed by atoms with Gasteiger partial charge in [-0.05, 0) is 76.9 Å². The molecule has 0 heterocycles. The lowest BCUT2D eigenvalue weighted by Crippen LogP contribution is -1.89. The Hall–Kier alpha value is -2.92. The van der Waals surface area contributed by atoms with Gasteiger partial charge in [-0.2, -0.15) is 5.26 Å². The van der Waals surface area contributed by atoms with E-state index in [2.05, 4.69) is 31.2 Å². The van der Waals surface area contributed by atoms with E-state index in [0.717, 1.165) is 29.5 Å². The van der Waals surface area contributed by atoms with Crippen LogP contribution in [0.2, 0.25) is 0 Å². The minimum atomic E-state index is -0.208. The molecule has 3 aromatic rings. The highest BCUT2D eigenvalue weighted by Crippen LogP contribution is 2.40. The normalized spacial score (nSPS) is 11.8. The van der Waals surface area contributed by atoms with Gasteiger partial charge in [0.1, 0.15) is 5.82 Å². The summed E-state index contributed by atoms with van der Waals surface area (Å²) in [4.78, 5) is 0. The first kappa shape index (κ1) is 18.4. The van der Waals surface area contributed by atoms with Crippen molar-refractivity contribution in [2.75, 3.05) is 0 Å². The summed E-state index contributed by atoms with van der Waals surface area (Å²) in [6.45, 7) is 2.23. The summed E-state index contributed by atoms with van der Waals surface area (Å²) >= 11 is 0. The summed E-state index contributed by atoms with van der Waals surface area (Å²) in [6, 6.07) is 19.5. The van der Waals surface area contributed by atoms with Crippen LogP contribution in [-0.2, 0) is 12.8 Å². The summed E-state index contributed by atoms with van der Waals surface area (Å²) < 4.78 is 14.9. The molecule has 1 nitrogen and oxygen atoms in total. The van der Waals surface area contributed by atoms with E-state index in [0.29, 0.717) is 11.1 Å². The predicted octanol–water partition coefficient (Wildman–Crippen LogP) is 7.06. The molecule has 140 valence electrons. The molecule has 0 unspecified atom stereocenters. The number of nitrogens with zero attached hydrogens (tertiary/aromatic N) is 1. The molecule has 0 N–H and O–H groups in total. The molecular formula is C26H24FN. The standard InChI is InChI=1S/C26H24FN/c1-2-3-4-5-6-18-9-12-23-21(13-18)14-22-15-25(26(27)16-24(22)23)20-10-7-19(17-28)8-11-20/h7-13,15-16H,2-6,14H2,1H3. The van der Waals surface area contributed by atoms with Crippen LogP contribution in [0.5, 0.6) is 0 Å². The van der Waals surface area contributed by atoms with Crippen LogP contribution in [0, 0.1) is 17.1 Å². The molecule has 0 aromatic heterocycles. The molecule has 0 fully saturated rings. The zero-order valence-electron chi connectivity index (χ0n) is 16.3. The summed E-state index contributed by atoms with van der Waals surface area (Å²) in [7, 11) is 0. The smallest absolute Gasteiger partial charge is 0.131 e. The Labute approximate surface area is 166 Å². The minimum absolute atomic E-state index is 0.208. The quantitative estimate of drug-likeness (QED) is 0.334. The lowest BCUT2D eigenvalue weighted by atomic mass is 9.97. The predicted molar refractivity (Wildman–Crippen MR) is 113 cm³/mol. The second kappa shape index (κ2) is 7.98. The number of unbranched alkanes of at least 4 members (excludes halogenated alkanes) is 3. The van der Waals surface area contributed by atoms with E-state index in [4.69, 9.17) is 5.26 Å². The van der Waals surface area contributed by atoms with Gasteiger partial charge < -0.3 is 0 Å². The fraction of sp³-hybridized carbons (Fsp3) is 0.269. The van der Waals surface area contributed by atoms with Crippen molar-refractivity contribution in [2.24, 2.45) is 0 Å². The molecule has 0 saturated heterocycles. The highest BCUT2D eigenvalue weighted by Gasteiger charge is 2.21. The third-order valence-electron chi connectivity index (χ3n) is 5.68. The Balaban J connectivity index is 1.60. The summed E-state index contributed by atoms with van der Waals surface area (Å²) in [5.41, 5.74) is 8.06. The maximum atomic E-state index is 14.9. The fourth-order valence-corrected chi connectivity index (χ4v) is 4.13. The van der Waals surface area contributed by atoms with E-state index in [1.807, 2.05) is 18.2 Å². The number of hydrogen-bond acceptors (Lipinski definition) is 1. The molecule has 0 spiro atoms. The van der Waals surface area contributed by atoms with Gasteiger partial charge in [0, 0.05) is 5.56 Å². The van der Waals surface area contributed by atoms with Crippen LogP contribution >= 0.6 is 0 Å². The number of rotatable bonds is 6. The van der Waals surface area contributed by atoms with Crippen molar-refractivity contribution in [1.82, 2.24) is 0 Å². The van der Waals surface area contributed by atoms with Crippen LogP contribution in [-0.4, -0.2) is 0 Å². The number of hydrogen-bond donors (Lipinski definition) is 0. The first-order chi connectivity index (χ1) is 13.7. The van der Waals surface area contributed by atoms with E-state index in [1.165, 1.54) is 42.4 Å². The van der Waals surface area contributed by atoms with Crippen LogP contribution in [0.15, 0.2) is 54.6 Å². The molecule has 3 aromatic carbocycles. The second-order valence-electron chi connectivity index (χ2n) is 7.66. The molecule has 0 bridgehead atoms. The number of aryl methyl sites for hydroxylation is 1. The molecule has 0 saturated carbocycles. The largest absolute Gasteiger partial charge is 0.206 e. The number of nitriles is 1. The monoisotopic (exact) mass is 369 g/mol. The molecule has 2 heteroatoms. The zero-order chi connectivity index (χ0) is 19.5. The Bertz CT molecular complexity index is 1040. The average molecular weight is 369 g/mol. The summed E-state index contributed by atoms with van der Waals surface area (Å²) in [5.74, 6) is -0.208. The van der Waals surface area contributed by atoms with Crippen molar-refractivity contribution in [1.29, 1.82) is 5.26 Å². The molecule has 0 aliphatic heterocycles. The first-order valence-corrected chi connectivity index (χ1v) is 10.1. The van der Waals surface area contributed by atoms with Crippen LogP contribution in [0.3, 0.4) is 0 Å². The van der Waals surface area contributed by atoms with E-state index in [-0.39, 0.29) is 5.82 Å². The van der Waals surface area contributed by atoms with Gasteiger partial charge in [0.25, 0.3) is 0 Å². The third-order valence-corrected chi connectivity index (χ3v) is 5.68. The third kappa shape index (κ3) is 3.58. The molecule has 1 aliphatic rings. The van der Waals surface area contributed by atoms with Gasteiger partial charge in [-0.15, -0.1) is 0 Å². The van der Waals surface area contributed by atoms with E-state index in [9.17, 15) is 4.39 Å². The maximum absolute atomic E-state index is 14.9. The van der Waals surface area contributed by atoms with Gasteiger partial charge in [0.2, 0.25) is 0 Å². The van der Waals surface area contributed by atoms with Crippen molar-refractivity contribution in [3.8, 4) is 28.3 Å². The van der Waals surface area contributed by atoms with E-state index < -0.39 is 0 Å². The Morgan fingerprint density at radius 3 is 2.39 bits per heavy atom. The van der Waals surface area contributed by atoms with Crippen molar-refractivity contribution >= 4 is 0 Å². The Morgan fingerprint density at radius 1 is 0.857 bits per heavy atom. The molecule has 1 aliphatic carbocycles. The maximum Gasteiger partial charge on any atom is 0.131 e.